The maximum atomic E-state index is 13.6. The smallest absolute Gasteiger partial charge is 0.314 e. The highest BCUT2D eigenvalue weighted by molar-refractivity contribution is 5.52. The number of para-hydroxylation sites is 1. The third-order valence-electron chi connectivity index (χ3n) is 2.42. The summed E-state index contributed by atoms with van der Waals surface area (Å²) in [6.07, 6.45) is 0. The Kier molecular flexibility index (Phi) is 3.57. The molecule has 0 aliphatic heterocycles. The zero-order chi connectivity index (χ0) is 14.7. The van der Waals surface area contributed by atoms with Crippen LogP contribution in [-0.2, 0) is 0 Å². The van der Waals surface area contributed by atoms with Crippen molar-refractivity contribution >= 4 is 5.69 Å². The molecule has 0 aromatic heterocycles. The van der Waals surface area contributed by atoms with Gasteiger partial charge in [-0.25, -0.2) is 8.78 Å². The predicted molar refractivity (Wildman–Crippen MR) is 64.2 cm³/mol. The molecule has 2 aromatic rings. The molecule has 0 radical (unpaired) electrons. The Morgan fingerprint density at radius 2 is 2.00 bits per heavy atom. The third kappa shape index (κ3) is 2.54. The number of hydrogen-bond acceptors (Lipinski definition) is 4. The lowest BCUT2D eigenvalue weighted by atomic mass is 10.2. The summed E-state index contributed by atoms with van der Waals surface area (Å²) in [5.41, 5.74) is -0.777. The van der Waals surface area contributed by atoms with Crippen molar-refractivity contribution in [2.45, 2.75) is 0 Å². The average Bonchev–Trinajstić information content (AvgIpc) is 2.42. The van der Waals surface area contributed by atoms with Gasteiger partial charge in [-0.2, -0.15) is 5.26 Å². The van der Waals surface area contributed by atoms with E-state index in [0.717, 1.165) is 36.4 Å². The molecule has 2 aromatic carbocycles. The molecule has 0 aliphatic rings. The largest absolute Gasteiger partial charge is 0.446 e. The van der Waals surface area contributed by atoms with Crippen molar-refractivity contribution < 1.29 is 18.4 Å². The van der Waals surface area contributed by atoms with Crippen molar-refractivity contribution in [3.63, 3.8) is 0 Å². The molecule has 0 amide bonds. The van der Waals surface area contributed by atoms with Crippen molar-refractivity contribution in [2.24, 2.45) is 0 Å². The van der Waals surface area contributed by atoms with E-state index in [2.05, 4.69) is 0 Å². The zero-order valence-electron chi connectivity index (χ0n) is 9.84. The number of nitro benzene ring substituents is 1. The Bertz CT molecular complexity index is 726. The van der Waals surface area contributed by atoms with Crippen LogP contribution in [0, 0.1) is 33.1 Å². The lowest BCUT2D eigenvalue weighted by Gasteiger charge is -2.08. The van der Waals surface area contributed by atoms with Crippen LogP contribution in [0.1, 0.15) is 5.56 Å². The van der Waals surface area contributed by atoms with E-state index >= 15 is 0 Å². The van der Waals surface area contributed by atoms with Crippen LogP contribution < -0.4 is 4.74 Å². The molecule has 100 valence electrons. The van der Waals surface area contributed by atoms with Crippen LogP contribution in [0.15, 0.2) is 36.4 Å². The van der Waals surface area contributed by atoms with E-state index in [1.54, 1.807) is 6.07 Å². The van der Waals surface area contributed by atoms with Crippen LogP contribution in [0.2, 0.25) is 0 Å². The van der Waals surface area contributed by atoms with Gasteiger partial charge in [-0.05, 0) is 24.3 Å². The molecule has 0 aliphatic carbocycles. The Labute approximate surface area is 111 Å². The summed E-state index contributed by atoms with van der Waals surface area (Å²) in [4.78, 5) is 10.00. The molecule has 7 heteroatoms. The number of nitriles is 1. The minimum Gasteiger partial charge on any atom is -0.446 e. The number of halogens is 2. The monoisotopic (exact) mass is 276 g/mol. The SMILES string of the molecule is N#Cc1cc(F)ccc1Oc1c(F)cccc1[N+](=O)[O-]. The van der Waals surface area contributed by atoms with E-state index < -0.39 is 28.0 Å². The molecule has 0 unspecified atom stereocenters. The fourth-order valence-corrected chi connectivity index (χ4v) is 1.53. The highest BCUT2D eigenvalue weighted by Crippen LogP contribution is 2.35. The minimum atomic E-state index is -0.951. The van der Waals surface area contributed by atoms with E-state index in [4.69, 9.17) is 10.00 Å². The van der Waals surface area contributed by atoms with Gasteiger partial charge in [-0.1, -0.05) is 6.07 Å². The van der Waals surface area contributed by atoms with Gasteiger partial charge in [-0.15, -0.1) is 0 Å². The van der Waals surface area contributed by atoms with Crippen LogP contribution in [0.3, 0.4) is 0 Å². The first-order chi connectivity index (χ1) is 9.52. The number of nitrogens with zero attached hydrogens (tertiary/aromatic N) is 2. The highest BCUT2D eigenvalue weighted by atomic mass is 19.1. The van der Waals surface area contributed by atoms with E-state index in [0.29, 0.717) is 0 Å². The van der Waals surface area contributed by atoms with Crippen molar-refractivity contribution in [3.05, 3.63) is 63.7 Å². The summed E-state index contributed by atoms with van der Waals surface area (Å²) >= 11 is 0. The Morgan fingerprint density at radius 1 is 1.25 bits per heavy atom. The van der Waals surface area contributed by atoms with Gasteiger partial charge in [0.25, 0.3) is 0 Å². The highest BCUT2D eigenvalue weighted by Gasteiger charge is 2.21. The molecule has 5 nitrogen and oxygen atoms in total. The molecular weight excluding hydrogens is 270 g/mol. The van der Waals surface area contributed by atoms with E-state index in [1.807, 2.05) is 0 Å². The first kappa shape index (κ1) is 13.4. The first-order valence-corrected chi connectivity index (χ1v) is 5.33. The standard InChI is InChI=1S/C13H6F2N2O3/c14-9-4-5-12(8(6-9)7-16)20-13-10(15)2-1-3-11(13)17(18)19/h1-6H. The molecule has 0 heterocycles. The van der Waals surface area contributed by atoms with Gasteiger partial charge < -0.3 is 4.74 Å². The molecule has 0 saturated heterocycles. The summed E-state index contributed by atoms with van der Waals surface area (Å²) in [6.45, 7) is 0. The quantitative estimate of drug-likeness (QED) is 0.634. The fraction of sp³-hybridized carbons (Fsp3) is 0. The third-order valence-corrected chi connectivity index (χ3v) is 2.42. The number of rotatable bonds is 3. The summed E-state index contributed by atoms with van der Waals surface area (Å²) in [5, 5.41) is 19.7. The number of benzene rings is 2. The maximum absolute atomic E-state index is 13.6. The van der Waals surface area contributed by atoms with Crippen molar-refractivity contribution in [1.29, 1.82) is 5.26 Å². The topological polar surface area (TPSA) is 76.2 Å². The normalized spacial score (nSPS) is 9.85. The molecule has 0 atom stereocenters. The fourth-order valence-electron chi connectivity index (χ4n) is 1.53. The van der Waals surface area contributed by atoms with Gasteiger partial charge in [0.05, 0.1) is 10.5 Å². The molecule has 0 spiro atoms. The van der Waals surface area contributed by atoms with Crippen molar-refractivity contribution in [1.82, 2.24) is 0 Å². The molecule has 0 N–H and O–H groups in total. The molecule has 20 heavy (non-hydrogen) atoms. The van der Waals surface area contributed by atoms with Crippen molar-refractivity contribution in [2.75, 3.05) is 0 Å². The second kappa shape index (κ2) is 5.32. The van der Waals surface area contributed by atoms with E-state index in [-0.39, 0.29) is 11.3 Å². The molecule has 0 bridgehead atoms. The summed E-state index contributed by atoms with van der Waals surface area (Å²) in [6, 6.07) is 7.87. The van der Waals surface area contributed by atoms with Gasteiger partial charge in [0.1, 0.15) is 17.6 Å². The minimum absolute atomic E-state index is 0.165. The Hall–Kier alpha value is -3.01. The van der Waals surface area contributed by atoms with Crippen molar-refractivity contribution in [3.8, 4) is 17.6 Å². The number of ether oxygens (including phenoxy) is 1. The van der Waals surface area contributed by atoms with Crippen LogP contribution in [0.25, 0.3) is 0 Å². The second-order valence-electron chi connectivity index (χ2n) is 3.70. The molecule has 0 saturated carbocycles. The maximum Gasteiger partial charge on any atom is 0.314 e. The summed E-state index contributed by atoms with van der Waals surface area (Å²) < 4.78 is 31.7. The van der Waals surface area contributed by atoms with E-state index in [9.17, 15) is 18.9 Å². The predicted octanol–water partition coefficient (Wildman–Crippen LogP) is 3.54. The molecule has 0 fully saturated rings. The second-order valence-corrected chi connectivity index (χ2v) is 3.70. The van der Waals surface area contributed by atoms with Gasteiger partial charge in [-0.3, -0.25) is 10.1 Å². The van der Waals surface area contributed by atoms with Gasteiger partial charge in [0, 0.05) is 6.07 Å². The van der Waals surface area contributed by atoms with Gasteiger partial charge in [0.2, 0.25) is 5.75 Å². The van der Waals surface area contributed by atoms with E-state index in [1.165, 1.54) is 0 Å². The van der Waals surface area contributed by atoms with Gasteiger partial charge in [0.15, 0.2) is 5.82 Å². The number of nitro groups is 1. The van der Waals surface area contributed by atoms with Crippen LogP contribution in [0.4, 0.5) is 14.5 Å². The number of hydrogen-bond donors (Lipinski definition) is 0. The lowest BCUT2D eigenvalue weighted by Crippen LogP contribution is -1.97. The average molecular weight is 276 g/mol. The summed E-state index contributed by atoms with van der Waals surface area (Å²) in [5.74, 6) is -2.41. The van der Waals surface area contributed by atoms with Crippen LogP contribution in [0.5, 0.6) is 11.5 Å². The molecular formula is C13H6F2N2O3. The van der Waals surface area contributed by atoms with Crippen LogP contribution >= 0.6 is 0 Å². The Morgan fingerprint density at radius 3 is 2.65 bits per heavy atom. The first-order valence-electron chi connectivity index (χ1n) is 5.33. The van der Waals surface area contributed by atoms with Gasteiger partial charge >= 0.3 is 5.69 Å². The summed E-state index contributed by atoms with van der Waals surface area (Å²) in [7, 11) is 0. The Balaban J connectivity index is 2.51. The molecule has 2 rings (SSSR count). The zero-order valence-corrected chi connectivity index (χ0v) is 9.84. The lowest BCUT2D eigenvalue weighted by molar-refractivity contribution is -0.385. The van der Waals surface area contributed by atoms with Crippen LogP contribution in [-0.4, -0.2) is 4.92 Å².